The first-order valence-corrected chi connectivity index (χ1v) is 3.99. The van der Waals surface area contributed by atoms with Crippen LogP contribution in [0.5, 0.6) is 0 Å². The summed E-state index contributed by atoms with van der Waals surface area (Å²) in [5.41, 5.74) is 0.0809. The van der Waals surface area contributed by atoms with Crippen molar-refractivity contribution in [2.45, 2.75) is 13.0 Å². The van der Waals surface area contributed by atoms with Gasteiger partial charge in [0.25, 0.3) is 0 Å². The van der Waals surface area contributed by atoms with E-state index in [9.17, 15) is 4.79 Å². The van der Waals surface area contributed by atoms with Gasteiger partial charge in [-0.3, -0.25) is 4.68 Å². The van der Waals surface area contributed by atoms with E-state index in [0.717, 1.165) is 6.42 Å². The van der Waals surface area contributed by atoms with Gasteiger partial charge in [-0.1, -0.05) is 0 Å². The molecule has 0 radical (unpaired) electrons. The maximum Gasteiger partial charge on any atom is 0.356 e. The van der Waals surface area contributed by atoms with E-state index in [4.69, 9.17) is 9.84 Å². The molecule has 0 unspecified atom stereocenters. The number of hydrogen-bond donors (Lipinski definition) is 1. The van der Waals surface area contributed by atoms with Gasteiger partial charge in [0.05, 0.1) is 0 Å². The number of carbonyl (C=O) groups is 1. The Kier molecular flexibility index (Phi) is 3.45. The Hall–Kier alpha value is -1.36. The summed E-state index contributed by atoms with van der Waals surface area (Å²) in [5.74, 6) is -0.995. The third-order valence-corrected chi connectivity index (χ3v) is 1.60. The summed E-state index contributed by atoms with van der Waals surface area (Å²) in [4.78, 5) is 10.4. The summed E-state index contributed by atoms with van der Waals surface area (Å²) in [6.07, 6.45) is 2.48. The van der Waals surface area contributed by atoms with Crippen LogP contribution in [0.3, 0.4) is 0 Å². The zero-order valence-electron chi connectivity index (χ0n) is 7.43. The number of ether oxygens (including phenoxy) is 1. The zero-order valence-corrected chi connectivity index (χ0v) is 7.43. The highest BCUT2D eigenvalue weighted by Gasteiger charge is 2.05. The normalized spacial score (nSPS) is 10.2. The molecule has 72 valence electrons. The van der Waals surface area contributed by atoms with E-state index in [1.54, 1.807) is 18.0 Å². The van der Waals surface area contributed by atoms with E-state index in [-0.39, 0.29) is 5.69 Å². The van der Waals surface area contributed by atoms with Gasteiger partial charge in [-0.2, -0.15) is 5.10 Å². The Labute approximate surface area is 75.9 Å². The van der Waals surface area contributed by atoms with Crippen molar-refractivity contribution in [3.05, 3.63) is 18.0 Å². The third kappa shape index (κ3) is 2.87. The molecule has 0 amide bonds. The molecule has 1 aromatic rings. The summed E-state index contributed by atoms with van der Waals surface area (Å²) >= 11 is 0. The topological polar surface area (TPSA) is 64.3 Å². The zero-order chi connectivity index (χ0) is 9.68. The predicted octanol–water partition coefficient (Wildman–Crippen LogP) is 0.618. The molecule has 0 saturated carbocycles. The summed E-state index contributed by atoms with van der Waals surface area (Å²) in [6.45, 7) is 1.34. The SMILES string of the molecule is COCCCn1ccc(C(=O)O)n1. The molecule has 1 rings (SSSR count). The Balaban J connectivity index is 2.44. The van der Waals surface area contributed by atoms with Crippen LogP contribution in [-0.4, -0.2) is 34.6 Å². The van der Waals surface area contributed by atoms with Crippen molar-refractivity contribution in [1.29, 1.82) is 0 Å². The molecule has 0 aliphatic rings. The van der Waals surface area contributed by atoms with Gasteiger partial charge in [-0.05, 0) is 12.5 Å². The monoisotopic (exact) mass is 184 g/mol. The van der Waals surface area contributed by atoms with Crippen LogP contribution < -0.4 is 0 Å². The summed E-state index contributed by atoms with van der Waals surface area (Å²) in [6, 6.07) is 1.48. The number of nitrogens with zero attached hydrogens (tertiary/aromatic N) is 2. The average molecular weight is 184 g/mol. The lowest BCUT2D eigenvalue weighted by Crippen LogP contribution is -2.04. The first-order chi connectivity index (χ1) is 6.24. The highest BCUT2D eigenvalue weighted by Crippen LogP contribution is 1.96. The minimum atomic E-state index is -0.995. The number of aromatic carboxylic acids is 1. The molecule has 0 aliphatic carbocycles. The second-order valence-corrected chi connectivity index (χ2v) is 2.62. The fourth-order valence-corrected chi connectivity index (χ4v) is 0.971. The van der Waals surface area contributed by atoms with Gasteiger partial charge in [0, 0.05) is 26.5 Å². The van der Waals surface area contributed by atoms with Crippen molar-refractivity contribution in [1.82, 2.24) is 9.78 Å². The molecule has 1 aromatic heterocycles. The lowest BCUT2D eigenvalue weighted by atomic mass is 10.4. The molecule has 0 atom stereocenters. The molecule has 5 heteroatoms. The Bertz CT molecular complexity index is 283. The maximum atomic E-state index is 10.4. The van der Waals surface area contributed by atoms with E-state index in [1.165, 1.54) is 6.07 Å². The number of methoxy groups -OCH3 is 1. The van der Waals surface area contributed by atoms with Gasteiger partial charge in [0.1, 0.15) is 0 Å². The summed E-state index contributed by atoms with van der Waals surface area (Å²) < 4.78 is 6.46. The molecule has 0 fully saturated rings. The molecular weight excluding hydrogens is 172 g/mol. The van der Waals surface area contributed by atoms with Crippen LogP contribution in [0.25, 0.3) is 0 Å². The summed E-state index contributed by atoms with van der Waals surface area (Å²) in [5, 5.41) is 12.4. The van der Waals surface area contributed by atoms with Crippen LogP contribution in [0.15, 0.2) is 12.3 Å². The standard InChI is InChI=1S/C8H12N2O3/c1-13-6-2-4-10-5-3-7(9-10)8(11)12/h3,5H,2,4,6H2,1H3,(H,11,12). The van der Waals surface area contributed by atoms with Gasteiger partial charge < -0.3 is 9.84 Å². The molecule has 1 heterocycles. The lowest BCUT2D eigenvalue weighted by Gasteiger charge is -1.99. The minimum Gasteiger partial charge on any atom is -0.476 e. The average Bonchev–Trinajstić information content (AvgIpc) is 2.53. The second kappa shape index (κ2) is 4.61. The quantitative estimate of drug-likeness (QED) is 0.681. The number of aryl methyl sites for hydroxylation is 1. The van der Waals surface area contributed by atoms with Gasteiger partial charge in [-0.15, -0.1) is 0 Å². The predicted molar refractivity (Wildman–Crippen MR) is 45.7 cm³/mol. The molecule has 0 saturated heterocycles. The Morgan fingerprint density at radius 2 is 2.54 bits per heavy atom. The van der Waals surface area contributed by atoms with Crippen molar-refractivity contribution in [3.8, 4) is 0 Å². The van der Waals surface area contributed by atoms with Crippen LogP contribution in [0.4, 0.5) is 0 Å². The van der Waals surface area contributed by atoms with E-state index < -0.39 is 5.97 Å². The van der Waals surface area contributed by atoms with E-state index in [0.29, 0.717) is 13.2 Å². The molecule has 5 nitrogen and oxygen atoms in total. The van der Waals surface area contributed by atoms with Gasteiger partial charge >= 0.3 is 5.97 Å². The highest BCUT2D eigenvalue weighted by atomic mass is 16.5. The number of rotatable bonds is 5. The van der Waals surface area contributed by atoms with Crippen molar-refractivity contribution >= 4 is 5.97 Å². The number of carboxylic acids is 1. The fourth-order valence-electron chi connectivity index (χ4n) is 0.971. The smallest absolute Gasteiger partial charge is 0.356 e. The molecule has 1 N–H and O–H groups in total. The number of aromatic nitrogens is 2. The van der Waals surface area contributed by atoms with Gasteiger partial charge in [0.2, 0.25) is 0 Å². The van der Waals surface area contributed by atoms with Crippen molar-refractivity contribution in [3.63, 3.8) is 0 Å². The first-order valence-electron chi connectivity index (χ1n) is 3.99. The largest absolute Gasteiger partial charge is 0.476 e. The highest BCUT2D eigenvalue weighted by molar-refractivity contribution is 5.84. The molecular formula is C8H12N2O3. The first kappa shape index (κ1) is 9.73. The molecule has 0 bridgehead atoms. The van der Waals surface area contributed by atoms with Crippen molar-refractivity contribution < 1.29 is 14.6 Å². The van der Waals surface area contributed by atoms with Gasteiger partial charge in [0.15, 0.2) is 5.69 Å². The van der Waals surface area contributed by atoms with Crippen LogP contribution in [0.2, 0.25) is 0 Å². The van der Waals surface area contributed by atoms with Crippen LogP contribution >= 0.6 is 0 Å². The van der Waals surface area contributed by atoms with Crippen LogP contribution in [0.1, 0.15) is 16.9 Å². The van der Waals surface area contributed by atoms with E-state index in [2.05, 4.69) is 5.10 Å². The Morgan fingerprint density at radius 1 is 1.77 bits per heavy atom. The van der Waals surface area contributed by atoms with Crippen molar-refractivity contribution in [2.24, 2.45) is 0 Å². The maximum absolute atomic E-state index is 10.4. The second-order valence-electron chi connectivity index (χ2n) is 2.62. The third-order valence-electron chi connectivity index (χ3n) is 1.60. The van der Waals surface area contributed by atoms with Gasteiger partial charge in [-0.25, -0.2) is 4.79 Å². The minimum absolute atomic E-state index is 0.0809. The van der Waals surface area contributed by atoms with E-state index >= 15 is 0 Å². The molecule has 13 heavy (non-hydrogen) atoms. The fraction of sp³-hybridized carbons (Fsp3) is 0.500. The molecule has 0 aromatic carbocycles. The van der Waals surface area contributed by atoms with Crippen LogP contribution in [0, 0.1) is 0 Å². The lowest BCUT2D eigenvalue weighted by molar-refractivity contribution is 0.0689. The Morgan fingerprint density at radius 3 is 3.08 bits per heavy atom. The molecule has 0 aliphatic heterocycles. The number of carboxylic acid groups (broad SMARTS) is 1. The van der Waals surface area contributed by atoms with Crippen molar-refractivity contribution in [2.75, 3.05) is 13.7 Å². The number of hydrogen-bond acceptors (Lipinski definition) is 3. The van der Waals surface area contributed by atoms with E-state index in [1.807, 2.05) is 0 Å². The van der Waals surface area contributed by atoms with Crippen LogP contribution in [-0.2, 0) is 11.3 Å². The molecule has 0 spiro atoms. The summed E-state index contributed by atoms with van der Waals surface area (Å²) in [7, 11) is 1.63.